The lowest BCUT2D eigenvalue weighted by atomic mass is 10.0. The quantitative estimate of drug-likeness (QED) is 0.436. The van der Waals surface area contributed by atoms with Crippen LogP contribution in [0.4, 0.5) is 0 Å². The second-order valence-corrected chi connectivity index (χ2v) is 8.28. The highest BCUT2D eigenvalue weighted by Gasteiger charge is 2.20. The first kappa shape index (κ1) is 19.6. The molecule has 148 valence electrons. The van der Waals surface area contributed by atoms with Gasteiger partial charge >= 0.3 is 0 Å². The van der Waals surface area contributed by atoms with Crippen molar-refractivity contribution in [2.24, 2.45) is 0 Å². The number of aromatic amines is 1. The molecule has 0 aliphatic rings. The molecule has 2 aromatic carbocycles. The van der Waals surface area contributed by atoms with Crippen molar-refractivity contribution in [3.8, 4) is 0 Å². The fourth-order valence-corrected chi connectivity index (χ4v) is 4.41. The number of hydrogen-bond donors (Lipinski definition) is 2. The zero-order valence-electron chi connectivity index (χ0n) is 16.7. The van der Waals surface area contributed by atoms with E-state index in [9.17, 15) is 4.79 Å². The molecular weight excluding hydrogens is 378 g/mol. The highest BCUT2D eigenvalue weighted by Crippen LogP contribution is 2.29. The Bertz CT molecular complexity index is 1130. The molecule has 2 aromatic heterocycles. The Balaban J connectivity index is 1.65. The molecule has 0 bridgehead atoms. The number of benzene rings is 2. The topological polar surface area (TPSA) is 57.8 Å². The Morgan fingerprint density at radius 1 is 1.07 bits per heavy atom. The molecule has 0 spiro atoms. The lowest BCUT2D eigenvalue weighted by molar-refractivity contribution is 0.500. The Hall–Kier alpha value is -2.76. The van der Waals surface area contributed by atoms with E-state index >= 15 is 0 Å². The van der Waals surface area contributed by atoms with Gasteiger partial charge in [0.2, 0.25) is 0 Å². The van der Waals surface area contributed by atoms with Crippen molar-refractivity contribution in [1.29, 1.82) is 0 Å². The maximum atomic E-state index is 12.5. The number of thiophene rings is 1. The first-order valence-corrected chi connectivity index (χ1v) is 10.9. The number of hydrogen-bond acceptors (Lipinski definition) is 4. The van der Waals surface area contributed by atoms with Crippen molar-refractivity contribution < 1.29 is 0 Å². The number of rotatable bonds is 7. The summed E-state index contributed by atoms with van der Waals surface area (Å²) in [6.45, 7) is 4.24. The van der Waals surface area contributed by atoms with Crippen LogP contribution in [-0.2, 0) is 6.42 Å². The summed E-state index contributed by atoms with van der Waals surface area (Å²) < 4.78 is 0. The predicted octanol–water partition coefficient (Wildman–Crippen LogP) is 5.38. The van der Waals surface area contributed by atoms with Gasteiger partial charge < -0.3 is 4.98 Å². The van der Waals surface area contributed by atoms with Gasteiger partial charge in [0.25, 0.3) is 5.56 Å². The van der Waals surface area contributed by atoms with E-state index in [-0.39, 0.29) is 17.6 Å². The van der Waals surface area contributed by atoms with E-state index in [4.69, 9.17) is 0 Å². The fraction of sp³-hybridized carbons (Fsp3) is 0.250. The summed E-state index contributed by atoms with van der Waals surface area (Å²) in [5.41, 5.74) is 3.18. The Morgan fingerprint density at radius 3 is 2.59 bits per heavy atom. The van der Waals surface area contributed by atoms with Gasteiger partial charge in [-0.25, -0.2) is 4.98 Å². The lowest BCUT2D eigenvalue weighted by Gasteiger charge is -2.23. The molecule has 0 aliphatic carbocycles. The monoisotopic (exact) mass is 403 g/mol. The maximum absolute atomic E-state index is 12.5. The van der Waals surface area contributed by atoms with E-state index in [1.165, 1.54) is 16.0 Å². The molecule has 4 rings (SSSR count). The normalized spacial score (nSPS) is 13.4. The van der Waals surface area contributed by atoms with Gasteiger partial charge in [-0.3, -0.25) is 10.1 Å². The molecular formula is C24H25N3OS. The number of fused-ring (bicyclic) bond motifs is 1. The second-order valence-electron chi connectivity index (χ2n) is 7.30. The molecule has 2 N–H and O–H groups in total. The van der Waals surface area contributed by atoms with Crippen LogP contribution in [0.3, 0.4) is 0 Å². The summed E-state index contributed by atoms with van der Waals surface area (Å²) in [4.78, 5) is 21.3. The number of aromatic nitrogens is 2. The highest BCUT2D eigenvalue weighted by atomic mass is 32.1. The summed E-state index contributed by atoms with van der Waals surface area (Å²) in [7, 11) is 0. The van der Waals surface area contributed by atoms with Gasteiger partial charge in [-0.1, -0.05) is 55.8 Å². The van der Waals surface area contributed by atoms with E-state index in [2.05, 4.69) is 64.0 Å². The minimum absolute atomic E-state index is 0.0393. The van der Waals surface area contributed by atoms with Crippen LogP contribution >= 0.6 is 11.3 Å². The number of aryl methyl sites for hydroxylation is 1. The smallest absolute Gasteiger partial charge is 0.258 e. The van der Waals surface area contributed by atoms with E-state index in [0.29, 0.717) is 11.2 Å². The Labute approximate surface area is 174 Å². The summed E-state index contributed by atoms with van der Waals surface area (Å²) in [5, 5.41) is 6.38. The third-order valence-corrected chi connectivity index (χ3v) is 6.07. The van der Waals surface area contributed by atoms with Crippen LogP contribution in [0.25, 0.3) is 10.9 Å². The highest BCUT2D eigenvalue weighted by molar-refractivity contribution is 7.10. The summed E-state index contributed by atoms with van der Waals surface area (Å²) in [6.07, 6.45) is 2.24. The van der Waals surface area contributed by atoms with Crippen LogP contribution in [0, 0.1) is 0 Å². The lowest BCUT2D eigenvalue weighted by Crippen LogP contribution is -2.28. The van der Waals surface area contributed by atoms with Gasteiger partial charge in [0.15, 0.2) is 0 Å². The van der Waals surface area contributed by atoms with Gasteiger partial charge in [-0.2, -0.15) is 0 Å². The van der Waals surface area contributed by atoms with Crippen molar-refractivity contribution in [2.75, 3.05) is 0 Å². The molecule has 0 radical (unpaired) electrons. The van der Waals surface area contributed by atoms with Crippen LogP contribution in [0.5, 0.6) is 0 Å². The fourth-order valence-electron chi connectivity index (χ4n) is 3.60. The average Bonchev–Trinajstić information content (AvgIpc) is 3.27. The van der Waals surface area contributed by atoms with Crippen molar-refractivity contribution in [3.63, 3.8) is 0 Å². The summed E-state index contributed by atoms with van der Waals surface area (Å²) in [5.74, 6) is 0.651. The van der Waals surface area contributed by atoms with Gasteiger partial charge in [0.1, 0.15) is 5.82 Å². The maximum Gasteiger partial charge on any atom is 0.258 e. The van der Waals surface area contributed by atoms with E-state index < -0.39 is 0 Å². The van der Waals surface area contributed by atoms with Gasteiger partial charge in [0.05, 0.1) is 23.0 Å². The molecule has 4 nitrogen and oxygen atoms in total. The zero-order chi connectivity index (χ0) is 20.2. The molecule has 0 fully saturated rings. The molecule has 0 saturated heterocycles. The van der Waals surface area contributed by atoms with Crippen molar-refractivity contribution in [3.05, 3.63) is 98.2 Å². The average molecular weight is 404 g/mol. The summed E-state index contributed by atoms with van der Waals surface area (Å²) >= 11 is 1.73. The van der Waals surface area contributed by atoms with Crippen molar-refractivity contribution in [1.82, 2.24) is 15.3 Å². The van der Waals surface area contributed by atoms with Gasteiger partial charge in [-0.15, -0.1) is 11.3 Å². The molecule has 5 heteroatoms. The molecule has 2 heterocycles. The molecule has 0 unspecified atom stereocenters. The van der Waals surface area contributed by atoms with Crippen molar-refractivity contribution in [2.45, 2.75) is 38.8 Å². The number of nitrogens with zero attached hydrogens (tertiary/aromatic N) is 1. The number of para-hydroxylation sites is 1. The largest absolute Gasteiger partial charge is 0.309 e. The number of H-pyrrole nitrogens is 1. The molecule has 29 heavy (non-hydrogen) atoms. The number of nitrogens with one attached hydrogen (secondary N) is 2. The second kappa shape index (κ2) is 8.72. The Morgan fingerprint density at radius 2 is 1.86 bits per heavy atom. The SMILES string of the molecule is CCCc1ccc([C@H](N[C@@H](C)c2nc3ccccc3c(=O)[nH]2)c2cccs2)cc1. The van der Waals surface area contributed by atoms with Crippen molar-refractivity contribution >= 4 is 22.2 Å². The van der Waals surface area contributed by atoms with Crippen LogP contribution < -0.4 is 10.9 Å². The van der Waals surface area contributed by atoms with Crippen LogP contribution in [0.2, 0.25) is 0 Å². The molecule has 2 atom stereocenters. The van der Waals surface area contributed by atoms with Crippen LogP contribution in [0.15, 0.2) is 70.8 Å². The molecule has 0 amide bonds. The van der Waals surface area contributed by atoms with Gasteiger partial charge in [-0.05, 0) is 48.1 Å². The van der Waals surface area contributed by atoms with Gasteiger partial charge in [0, 0.05) is 4.88 Å². The minimum Gasteiger partial charge on any atom is -0.309 e. The van der Waals surface area contributed by atoms with E-state index in [0.717, 1.165) is 18.4 Å². The Kier molecular flexibility index (Phi) is 5.88. The van der Waals surface area contributed by atoms with E-state index in [1.807, 2.05) is 25.1 Å². The zero-order valence-corrected chi connectivity index (χ0v) is 17.5. The first-order valence-electron chi connectivity index (χ1n) is 10.0. The third kappa shape index (κ3) is 4.31. The van der Waals surface area contributed by atoms with Crippen LogP contribution in [-0.4, -0.2) is 9.97 Å². The first-order chi connectivity index (χ1) is 14.2. The standard InChI is InChI=1S/C24H25N3OS/c1-3-7-17-11-13-18(14-12-17)22(21-10-6-15-29-21)25-16(2)23-26-20-9-5-4-8-19(20)24(28)27-23/h4-6,8-16,22,25H,3,7H2,1-2H3,(H,26,27,28)/t16-,22-/m0/s1. The molecule has 4 aromatic rings. The van der Waals surface area contributed by atoms with Crippen LogP contribution in [0.1, 0.15) is 54.2 Å². The predicted molar refractivity (Wildman–Crippen MR) is 121 cm³/mol. The summed E-state index contributed by atoms with van der Waals surface area (Å²) in [6, 6.07) is 20.4. The van der Waals surface area contributed by atoms with E-state index in [1.54, 1.807) is 17.4 Å². The third-order valence-electron chi connectivity index (χ3n) is 5.14. The molecule has 0 aliphatic heterocycles. The minimum atomic E-state index is -0.116. The molecule has 0 saturated carbocycles.